The van der Waals surface area contributed by atoms with Gasteiger partial charge in [-0.2, -0.15) is 0 Å². The highest BCUT2D eigenvalue weighted by atomic mass is 15.2. The second kappa shape index (κ2) is 5.61. The minimum absolute atomic E-state index is 0.801. The molecule has 1 rings (SSSR count). The van der Waals surface area contributed by atoms with Gasteiger partial charge in [-0.05, 0) is 32.4 Å². The smallest absolute Gasteiger partial charge is 0.0235 e. The summed E-state index contributed by atoms with van der Waals surface area (Å²) >= 11 is 0. The average Bonchev–Trinajstić information content (AvgIpc) is 2.66. The lowest BCUT2D eigenvalue weighted by molar-refractivity contribution is 0.143. The third kappa shape index (κ3) is 2.68. The van der Waals surface area contributed by atoms with Gasteiger partial charge < -0.3 is 5.32 Å². The monoisotopic (exact) mass is 184 g/mol. The Balaban J connectivity index is 2.48. The summed E-state index contributed by atoms with van der Waals surface area (Å²) in [6.45, 7) is 10.5. The molecule has 0 bridgehead atoms. The Hall–Kier alpha value is -0.0800. The van der Waals surface area contributed by atoms with E-state index in [1.807, 2.05) is 0 Å². The molecule has 1 saturated heterocycles. The molecule has 1 atom stereocenters. The molecule has 0 aliphatic carbocycles. The van der Waals surface area contributed by atoms with Gasteiger partial charge >= 0.3 is 0 Å². The maximum Gasteiger partial charge on any atom is 0.0235 e. The van der Waals surface area contributed by atoms with Crippen LogP contribution < -0.4 is 5.32 Å². The van der Waals surface area contributed by atoms with Crippen LogP contribution in [0.3, 0.4) is 0 Å². The molecule has 1 heterocycles. The van der Waals surface area contributed by atoms with Crippen molar-refractivity contribution in [1.29, 1.82) is 0 Å². The zero-order chi connectivity index (χ0) is 9.68. The van der Waals surface area contributed by atoms with Gasteiger partial charge in [-0.1, -0.05) is 20.8 Å². The van der Waals surface area contributed by atoms with Crippen molar-refractivity contribution in [2.24, 2.45) is 0 Å². The molecule has 1 unspecified atom stereocenters. The fraction of sp³-hybridized carbons (Fsp3) is 1.00. The molecule has 13 heavy (non-hydrogen) atoms. The first kappa shape index (κ1) is 11.0. The summed E-state index contributed by atoms with van der Waals surface area (Å²) in [6, 6.07) is 1.60. The third-order valence-electron chi connectivity index (χ3n) is 3.28. The quantitative estimate of drug-likeness (QED) is 0.701. The van der Waals surface area contributed by atoms with Crippen LogP contribution in [0.1, 0.15) is 40.0 Å². The third-order valence-corrected chi connectivity index (χ3v) is 3.28. The van der Waals surface area contributed by atoms with E-state index in [-0.39, 0.29) is 0 Å². The highest BCUT2D eigenvalue weighted by molar-refractivity contribution is 4.83. The van der Waals surface area contributed by atoms with Crippen LogP contribution in [-0.4, -0.2) is 36.6 Å². The first-order valence-corrected chi connectivity index (χ1v) is 5.79. The van der Waals surface area contributed by atoms with Gasteiger partial charge in [0.25, 0.3) is 0 Å². The Kier molecular flexibility index (Phi) is 4.74. The maximum absolute atomic E-state index is 3.45. The molecule has 1 N–H and O–H groups in total. The first-order chi connectivity index (χ1) is 6.33. The van der Waals surface area contributed by atoms with Gasteiger partial charge in [0.1, 0.15) is 0 Å². The number of rotatable bonds is 5. The Labute approximate surface area is 82.7 Å². The van der Waals surface area contributed by atoms with Crippen molar-refractivity contribution < 1.29 is 0 Å². The standard InChI is InChI=1S/C11H24N2/c1-4-10(5-2)13(6-3)11-7-8-12-9-11/h10-12H,4-9H2,1-3H3. The predicted octanol–water partition coefficient (Wildman–Crippen LogP) is 1.86. The highest BCUT2D eigenvalue weighted by Crippen LogP contribution is 2.16. The summed E-state index contributed by atoms with van der Waals surface area (Å²) in [4.78, 5) is 2.68. The molecule has 78 valence electrons. The van der Waals surface area contributed by atoms with E-state index in [1.54, 1.807) is 0 Å². The van der Waals surface area contributed by atoms with E-state index in [9.17, 15) is 0 Å². The molecule has 2 nitrogen and oxygen atoms in total. The Morgan fingerprint density at radius 2 is 2.00 bits per heavy atom. The lowest BCUT2D eigenvalue weighted by Crippen LogP contribution is -2.43. The van der Waals surface area contributed by atoms with Crippen molar-refractivity contribution in [3.05, 3.63) is 0 Å². The zero-order valence-corrected chi connectivity index (χ0v) is 9.34. The van der Waals surface area contributed by atoms with Crippen molar-refractivity contribution in [3.8, 4) is 0 Å². The minimum Gasteiger partial charge on any atom is -0.315 e. The summed E-state index contributed by atoms with van der Waals surface area (Å²) in [5.74, 6) is 0. The van der Waals surface area contributed by atoms with Gasteiger partial charge in [0.15, 0.2) is 0 Å². The average molecular weight is 184 g/mol. The Morgan fingerprint density at radius 3 is 2.38 bits per heavy atom. The Morgan fingerprint density at radius 1 is 1.31 bits per heavy atom. The second-order valence-corrected chi connectivity index (χ2v) is 3.95. The van der Waals surface area contributed by atoms with Crippen LogP contribution >= 0.6 is 0 Å². The minimum atomic E-state index is 0.801. The molecule has 0 aromatic carbocycles. The van der Waals surface area contributed by atoms with E-state index in [2.05, 4.69) is 31.0 Å². The van der Waals surface area contributed by atoms with Gasteiger partial charge in [0, 0.05) is 18.6 Å². The molecule has 1 fully saturated rings. The number of likely N-dealkylation sites (N-methyl/N-ethyl adjacent to an activating group) is 1. The van der Waals surface area contributed by atoms with Crippen molar-refractivity contribution in [2.75, 3.05) is 19.6 Å². The molecule has 1 aliphatic heterocycles. The topological polar surface area (TPSA) is 15.3 Å². The number of nitrogens with zero attached hydrogens (tertiary/aromatic N) is 1. The molecule has 0 aromatic heterocycles. The van der Waals surface area contributed by atoms with Crippen LogP contribution in [0.2, 0.25) is 0 Å². The van der Waals surface area contributed by atoms with Gasteiger partial charge in [-0.3, -0.25) is 4.90 Å². The summed E-state index contributed by atoms with van der Waals surface area (Å²) in [5.41, 5.74) is 0. The number of nitrogens with one attached hydrogen (secondary N) is 1. The van der Waals surface area contributed by atoms with Crippen LogP contribution in [0, 0.1) is 0 Å². The number of hydrogen-bond donors (Lipinski definition) is 1. The lowest BCUT2D eigenvalue weighted by Gasteiger charge is -2.34. The van der Waals surface area contributed by atoms with Crippen molar-refractivity contribution in [3.63, 3.8) is 0 Å². The molecule has 0 amide bonds. The number of hydrogen-bond acceptors (Lipinski definition) is 2. The molecular weight excluding hydrogens is 160 g/mol. The molecule has 1 aliphatic rings. The molecule has 0 spiro atoms. The largest absolute Gasteiger partial charge is 0.315 e. The maximum atomic E-state index is 3.45. The molecule has 0 aromatic rings. The predicted molar refractivity (Wildman–Crippen MR) is 58.0 cm³/mol. The summed E-state index contributed by atoms with van der Waals surface area (Å²) in [7, 11) is 0. The lowest BCUT2D eigenvalue weighted by atomic mass is 10.1. The molecule has 0 saturated carbocycles. The molecule has 2 heteroatoms. The van der Waals surface area contributed by atoms with E-state index < -0.39 is 0 Å². The van der Waals surface area contributed by atoms with E-state index >= 15 is 0 Å². The van der Waals surface area contributed by atoms with Gasteiger partial charge in [-0.25, -0.2) is 0 Å². The Bertz CT molecular complexity index is 124. The summed E-state index contributed by atoms with van der Waals surface area (Å²) in [6.07, 6.45) is 3.92. The SMILES string of the molecule is CCC(CC)N(CC)C1CCNC1. The van der Waals surface area contributed by atoms with Crippen LogP contribution in [-0.2, 0) is 0 Å². The van der Waals surface area contributed by atoms with Crippen LogP contribution in [0.25, 0.3) is 0 Å². The van der Waals surface area contributed by atoms with Crippen molar-refractivity contribution in [1.82, 2.24) is 10.2 Å². The fourth-order valence-electron chi connectivity index (χ4n) is 2.49. The summed E-state index contributed by atoms with van der Waals surface area (Å²) < 4.78 is 0. The van der Waals surface area contributed by atoms with Crippen molar-refractivity contribution >= 4 is 0 Å². The highest BCUT2D eigenvalue weighted by Gasteiger charge is 2.25. The van der Waals surface area contributed by atoms with E-state index in [0.29, 0.717) is 0 Å². The van der Waals surface area contributed by atoms with Crippen LogP contribution in [0.15, 0.2) is 0 Å². The molecular formula is C11H24N2. The van der Waals surface area contributed by atoms with Gasteiger partial charge in [0.05, 0.1) is 0 Å². The molecule has 0 radical (unpaired) electrons. The normalized spacial score (nSPS) is 23.3. The zero-order valence-electron chi connectivity index (χ0n) is 9.34. The summed E-state index contributed by atoms with van der Waals surface area (Å²) in [5, 5.41) is 3.45. The van der Waals surface area contributed by atoms with Crippen LogP contribution in [0.5, 0.6) is 0 Å². The van der Waals surface area contributed by atoms with Crippen molar-refractivity contribution in [2.45, 2.75) is 52.1 Å². The first-order valence-electron chi connectivity index (χ1n) is 5.79. The van der Waals surface area contributed by atoms with Gasteiger partial charge in [0.2, 0.25) is 0 Å². The van der Waals surface area contributed by atoms with Crippen LogP contribution in [0.4, 0.5) is 0 Å². The van der Waals surface area contributed by atoms with E-state index in [1.165, 1.54) is 38.9 Å². The second-order valence-electron chi connectivity index (χ2n) is 3.95. The van der Waals surface area contributed by atoms with Gasteiger partial charge in [-0.15, -0.1) is 0 Å². The fourth-order valence-corrected chi connectivity index (χ4v) is 2.49. The van der Waals surface area contributed by atoms with E-state index in [4.69, 9.17) is 0 Å². The van der Waals surface area contributed by atoms with E-state index in [0.717, 1.165) is 12.1 Å².